The first-order valence-corrected chi connectivity index (χ1v) is 5.54. The molecular formula is C9H9IN2O2S. The zero-order valence-corrected chi connectivity index (χ0v) is 10.6. The minimum absolute atomic E-state index is 0.00880. The van der Waals surface area contributed by atoms with Crippen LogP contribution in [0.2, 0.25) is 0 Å². The molecule has 0 atom stereocenters. The molecule has 0 amide bonds. The Kier molecular flexibility index (Phi) is 4.28. The van der Waals surface area contributed by atoms with Crippen LogP contribution in [0.3, 0.4) is 0 Å². The molecule has 0 radical (unpaired) electrons. The third-order valence-corrected chi connectivity index (χ3v) is 2.81. The summed E-state index contributed by atoms with van der Waals surface area (Å²) in [5.41, 5.74) is 6.76. The number of aliphatic carboxylic acids is 1. The topological polar surface area (TPSA) is 75.3 Å². The number of thiocarbonyl (C=S) groups is 1. The summed E-state index contributed by atoms with van der Waals surface area (Å²) in [7, 11) is 0. The molecule has 4 N–H and O–H groups in total. The average Bonchev–Trinajstić information content (AvgIpc) is 2.09. The van der Waals surface area contributed by atoms with Crippen LogP contribution >= 0.6 is 34.8 Å². The summed E-state index contributed by atoms with van der Waals surface area (Å²) in [5, 5.41) is 11.6. The fraction of sp³-hybridized carbons (Fsp3) is 0.111. The van der Waals surface area contributed by atoms with Crippen molar-refractivity contribution >= 4 is 51.6 Å². The smallest absolute Gasteiger partial charge is 0.307 e. The number of carboxylic acids is 1. The number of hydrogen-bond donors (Lipinski definition) is 3. The molecule has 1 aromatic rings. The number of nitrogens with one attached hydrogen (secondary N) is 1. The van der Waals surface area contributed by atoms with Crippen LogP contribution in [0.5, 0.6) is 0 Å². The van der Waals surface area contributed by atoms with Gasteiger partial charge in [-0.2, -0.15) is 0 Å². The van der Waals surface area contributed by atoms with Gasteiger partial charge in [0.05, 0.1) is 6.42 Å². The highest BCUT2D eigenvalue weighted by Crippen LogP contribution is 2.18. The Morgan fingerprint density at radius 1 is 1.60 bits per heavy atom. The monoisotopic (exact) mass is 336 g/mol. The van der Waals surface area contributed by atoms with Crippen molar-refractivity contribution in [1.29, 1.82) is 0 Å². The quantitative estimate of drug-likeness (QED) is 0.577. The van der Waals surface area contributed by atoms with Gasteiger partial charge in [-0.05, 0) is 58.6 Å². The second kappa shape index (κ2) is 5.26. The zero-order valence-electron chi connectivity index (χ0n) is 7.66. The first-order chi connectivity index (χ1) is 6.99. The summed E-state index contributed by atoms with van der Waals surface area (Å²) in [6.07, 6.45) is -0.00880. The van der Waals surface area contributed by atoms with Gasteiger partial charge in [0.25, 0.3) is 0 Å². The predicted molar refractivity (Wildman–Crippen MR) is 70.9 cm³/mol. The maximum absolute atomic E-state index is 10.6. The Morgan fingerprint density at radius 2 is 2.27 bits per heavy atom. The van der Waals surface area contributed by atoms with Gasteiger partial charge in [-0.1, -0.05) is 0 Å². The predicted octanol–water partition coefficient (Wildman–Crippen LogP) is 1.57. The fourth-order valence-corrected chi connectivity index (χ4v) is 1.74. The van der Waals surface area contributed by atoms with E-state index in [1.807, 2.05) is 6.07 Å². The highest BCUT2D eigenvalue weighted by Gasteiger charge is 2.06. The second-order valence-electron chi connectivity index (χ2n) is 2.87. The maximum atomic E-state index is 10.6. The third kappa shape index (κ3) is 4.00. The van der Waals surface area contributed by atoms with Crippen LogP contribution in [-0.4, -0.2) is 16.2 Å². The van der Waals surface area contributed by atoms with E-state index in [-0.39, 0.29) is 11.5 Å². The van der Waals surface area contributed by atoms with E-state index in [1.165, 1.54) is 0 Å². The van der Waals surface area contributed by atoms with Crippen molar-refractivity contribution in [2.45, 2.75) is 6.42 Å². The van der Waals surface area contributed by atoms with E-state index in [4.69, 9.17) is 10.8 Å². The van der Waals surface area contributed by atoms with Gasteiger partial charge in [0.15, 0.2) is 5.11 Å². The Balaban J connectivity index is 2.94. The molecule has 0 saturated heterocycles. The number of nitrogens with two attached hydrogens (primary N) is 1. The molecule has 0 aliphatic heterocycles. The van der Waals surface area contributed by atoms with Crippen molar-refractivity contribution in [3.63, 3.8) is 0 Å². The minimum Gasteiger partial charge on any atom is -0.481 e. The maximum Gasteiger partial charge on any atom is 0.307 e. The number of halogens is 1. The summed E-state index contributed by atoms with van der Waals surface area (Å²) >= 11 is 6.78. The average molecular weight is 336 g/mol. The first kappa shape index (κ1) is 12.2. The number of benzene rings is 1. The zero-order chi connectivity index (χ0) is 11.4. The van der Waals surface area contributed by atoms with E-state index in [9.17, 15) is 4.79 Å². The first-order valence-electron chi connectivity index (χ1n) is 4.05. The molecule has 0 saturated carbocycles. The molecule has 1 aromatic carbocycles. The van der Waals surface area contributed by atoms with Crippen LogP contribution in [0.15, 0.2) is 18.2 Å². The SMILES string of the molecule is NC(=S)Nc1ccc(I)c(CC(=O)O)c1. The molecule has 0 aliphatic rings. The summed E-state index contributed by atoms with van der Waals surface area (Å²) in [6, 6.07) is 5.35. The standard InChI is InChI=1S/C9H9IN2O2S/c10-7-2-1-6(12-9(11)15)3-5(7)4-8(13)14/h1-3H,4H2,(H,13,14)(H3,11,12,15). The van der Waals surface area contributed by atoms with E-state index < -0.39 is 5.97 Å². The summed E-state index contributed by atoms with van der Waals surface area (Å²) in [6.45, 7) is 0. The van der Waals surface area contributed by atoms with Gasteiger partial charge in [-0.3, -0.25) is 4.79 Å². The molecule has 4 nitrogen and oxygen atoms in total. The number of carbonyl (C=O) groups is 1. The second-order valence-corrected chi connectivity index (χ2v) is 4.47. The van der Waals surface area contributed by atoms with Crippen molar-refractivity contribution in [2.75, 3.05) is 5.32 Å². The van der Waals surface area contributed by atoms with Crippen molar-refractivity contribution < 1.29 is 9.90 Å². The number of carboxylic acid groups (broad SMARTS) is 1. The van der Waals surface area contributed by atoms with E-state index in [0.29, 0.717) is 5.69 Å². The molecule has 6 heteroatoms. The summed E-state index contributed by atoms with van der Waals surface area (Å²) < 4.78 is 0.906. The van der Waals surface area contributed by atoms with Gasteiger partial charge in [0.1, 0.15) is 0 Å². The van der Waals surface area contributed by atoms with Gasteiger partial charge in [0.2, 0.25) is 0 Å². The molecule has 15 heavy (non-hydrogen) atoms. The fourth-order valence-electron chi connectivity index (χ4n) is 1.09. The Morgan fingerprint density at radius 3 is 2.80 bits per heavy atom. The Labute approximate surface area is 106 Å². The lowest BCUT2D eigenvalue weighted by Crippen LogP contribution is -2.19. The van der Waals surface area contributed by atoms with Crippen LogP contribution in [0.25, 0.3) is 0 Å². The van der Waals surface area contributed by atoms with Crippen molar-refractivity contribution in [2.24, 2.45) is 5.73 Å². The minimum atomic E-state index is -0.861. The molecule has 80 valence electrons. The molecule has 0 aliphatic carbocycles. The molecule has 1 rings (SSSR count). The van der Waals surface area contributed by atoms with Crippen molar-refractivity contribution in [3.05, 3.63) is 27.3 Å². The molecule has 0 fully saturated rings. The highest BCUT2D eigenvalue weighted by molar-refractivity contribution is 14.1. The van der Waals surface area contributed by atoms with Crippen LogP contribution in [0.4, 0.5) is 5.69 Å². The normalized spacial score (nSPS) is 9.67. The lowest BCUT2D eigenvalue weighted by molar-refractivity contribution is -0.136. The van der Waals surface area contributed by atoms with Crippen LogP contribution < -0.4 is 11.1 Å². The molecule has 0 bridgehead atoms. The Bertz CT molecular complexity index is 409. The van der Waals surface area contributed by atoms with Gasteiger partial charge in [-0.15, -0.1) is 0 Å². The lowest BCUT2D eigenvalue weighted by Gasteiger charge is -2.07. The van der Waals surface area contributed by atoms with Crippen molar-refractivity contribution in [3.8, 4) is 0 Å². The van der Waals surface area contributed by atoms with E-state index in [0.717, 1.165) is 9.13 Å². The van der Waals surface area contributed by atoms with Gasteiger partial charge in [-0.25, -0.2) is 0 Å². The van der Waals surface area contributed by atoms with Gasteiger partial charge < -0.3 is 16.2 Å². The molecule has 0 aromatic heterocycles. The van der Waals surface area contributed by atoms with Gasteiger partial charge in [0, 0.05) is 9.26 Å². The Hall–Kier alpha value is -0.890. The van der Waals surface area contributed by atoms with Gasteiger partial charge >= 0.3 is 5.97 Å². The van der Waals surface area contributed by atoms with Crippen LogP contribution in [0, 0.1) is 3.57 Å². The van der Waals surface area contributed by atoms with E-state index in [1.54, 1.807) is 12.1 Å². The lowest BCUT2D eigenvalue weighted by atomic mass is 10.1. The number of hydrogen-bond acceptors (Lipinski definition) is 2. The van der Waals surface area contributed by atoms with E-state index >= 15 is 0 Å². The van der Waals surface area contributed by atoms with Crippen LogP contribution in [0.1, 0.15) is 5.56 Å². The summed E-state index contributed by atoms with van der Waals surface area (Å²) in [4.78, 5) is 10.6. The van der Waals surface area contributed by atoms with E-state index in [2.05, 4.69) is 40.1 Å². The largest absolute Gasteiger partial charge is 0.481 e. The molecule has 0 unspecified atom stereocenters. The molecule has 0 spiro atoms. The van der Waals surface area contributed by atoms with Crippen molar-refractivity contribution in [1.82, 2.24) is 0 Å². The summed E-state index contributed by atoms with van der Waals surface area (Å²) in [5.74, 6) is -0.861. The highest BCUT2D eigenvalue weighted by atomic mass is 127. The number of anilines is 1. The number of rotatable bonds is 3. The molecular weight excluding hydrogens is 327 g/mol. The van der Waals surface area contributed by atoms with Crippen LogP contribution in [-0.2, 0) is 11.2 Å². The third-order valence-electron chi connectivity index (χ3n) is 1.65. The molecule has 0 heterocycles.